The van der Waals surface area contributed by atoms with Crippen molar-refractivity contribution in [3.8, 4) is 0 Å². The Kier molecular flexibility index (Phi) is 13.0. The lowest BCUT2D eigenvalue weighted by atomic mass is 10.3. The maximum atomic E-state index is 6.43. The van der Waals surface area contributed by atoms with Gasteiger partial charge in [0.25, 0.3) is 0 Å². The summed E-state index contributed by atoms with van der Waals surface area (Å²) in [5.41, 5.74) is 0. The van der Waals surface area contributed by atoms with E-state index in [1.54, 1.807) is 0 Å². The van der Waals surface area contributed by atoms with Gasteiger partial charge in [0, 0.05) is 65.2 Å². The summed E-state index contributed by atoms with van der Waals surface area (Å²) in [4.78, 5) is 5.12. The molecule has 8 nitrogen and oxygen atoms in total. The summed E-state index contributed by atoms with van der Waals surface area (Å²) in [6, 6.07) is 0. The van der Waals surface area contributed by atoms with Crippen molar-refractivity contribution in [3.05, 3.63) is 0 Å². The molecule has 2 saturated heterocycles. The third kappa shape index (κ3) is 12.6. The first kappa shape index (κ1) is 32.8. The molecular weight excluding hydrogens is 525 g/mol. The summed E-state index contributed by atoms with van der Waals surface area (Å²) in [6.07, 6.45) is 6.63. The lowest BCUT2D eigenvalue weighted by molar-refractivity contribution is 0.00177. The van der Waals surface area contributed by atoms with Crippen molar-refractivity contribution in [3.63, 3.8) is 0 Å². The number of rotatable bonds is 15. The van der Waals surface area contributed by atoms with E-state index in [-0.39, 0.29) is 12.2 Å². The molecular formula is C24H56N2O6Si4. The molecule has 12 heteroatoms. The average Bonchev–Trinajstić information content (AvgIpc) is 2.72. The maximum absolute atomic E-state index is 6.43. The van der Waals surface area contributed by atoms with Gasteiger partial charge in [0.1, 0.15) is 0 Å². The van der Waals surface area contributed by atoms with Crippen LogP contribution in [-0.4, -0.2) is 134 Å². The van der Waals surface area contributed by atoms with Gasteiger partial charge < -0.3 is 37.0 Å². The Labute approximate surface area is 225 Å². The van der Waals surface area contributed by atoms with Crippen LogP contribution in [0, 0.1) is 0 Å². The lowest BCUT2D eigenvalue weighted by Gasteiger charge is -2.43. The first-order valence-corrected chi connectivity index (χ1v) is 26.2. The Morgan fingerprint density at radius 2 is 1.06 bits per heavy atom. The van der Waals surface area contributed by atoms with Crippen LogP contribution in [0.3, 0.4) is 0 Å². The third-order valence-electron chi connectivity index (χ3n) is 6.85. The minimum absolute atomic E-state index is 0.170. The highest BCUT2D eigenvalue weighted by molar-refractivity contribution is 6.73. The van der Waals surface area contributed by atoms with E-state index < -0.39 is 33.3 Å². The summed E-state index contributed by atoms with van der Waals surface area (Å²) in [6.45, 7) is 23.1. The van der Waals surface area contributed by atoms with Gasteiger partial charge in [-0.25, -0.2) is 0 Å². The second-order valence-corrected chi connectivity index (χ2v) is 29.8. The van der Waals surface area contributed by atoms with E-state index in [0.717, 1.165) is 63.8 Å². The van der Waals surface area contributed by atoms with Gasteiger partial charge in [0.15, 0.2) is 16.6 Å². The zero-order valence-electron chi connectivity index (χ0n) is 25.0. The standard InChI is InChI=1S/C24H56N2O6Si4/c1-27-33(3,4)19-25-15-23(31-35(7,8)21-25)17-29-13-11-12-14-30-18-24-16-26(20-34(5,6)28-2)22-36(9,10)32-24/h23-24H,11-22H2,1-10H3. The van der Waals surface area contributed by atoms with Gasteiger partial charge in [-0.15, -0.1) is 0 Å². The van der Waals surface area contributed by atoms with Crippen molar-refractivity contribution < 1.29 is 27.2 Å². The minimum Gasteiger partial charge on any atom is -0.419 e. The molecule has 0 aromatic rings. The Hall–Kier alpha value is 0.548. The second-order valence-electron chi connectivity index (χ2n) is 13.1. The van der Waals surface area contributed by atoms with Crippen molar-refractivity contribution in [2.75, 3.05) is 78.4 Å². The van der Waals surface area contributed by atoms with Crippen LogP contribution in [0.25, 0.3) is 0 Å². The van der Waals surface area contributed by atoms with E-state index in [4.69, 9.17) is 27.2 Å². The zero-order chi connectivity index (χ0) is 27.0. The Balaban J connectivity index is 1.61. The van der Waals surface area contributed by atoms with E-state index in [1.807, 2.05) is 14.2 Å². The smallest absolute Gasteiger partial charge is 0.201 e. The van der Waals surface area contributed by atoms with Crippen LogP contribution in [0.4, 0.5) is 0 Å². The van der Waals surface area contributed by atoms with Crippen molar-refractivity contribution in [1.82, 2.24) is 9.80 Å². The summed E-state index contributed by atoms with van der Waals surface area (Å²) in [5, 5.41) is 0. The SMILES string of the molecule is CO[Si](C)(C)CN1CC(COCCCCOCC2CN(C[Si](C)(C)OC)C[Si](C)(C)O2)O[Si](C)(C)C1. The van der Waals surface area contributed by atoms with Crippen molar-refractivity contribution in [2.24, 2.45) is 0 Å². The van der Waals surface area contributed by atoms with Crippen LogP contribution in [0.15, 0.2) is 0 Å². The summed E-state index contributed by atoms with van der Waals surface area (Å²) < 4.78 is 36.5. The molecule has 2 heterocycles. The molecule has 2 unspecified atom stereocenters. The highest BCUT2D eigenvalue weighted by atomic mass is 28.4. The normalized spacial score (nSPS) is 25.8. The number of nitrogens with zero attached hydrogens (tertiary/aromatic N) is 2. The van der Waals surface area contributed by atoms with E-state index in [2.05, 4.69) is 62.2 Å². The Morgan fingerprint density at radius 3 is 1.39 bits per heavy atom. The van der Waals surface area contributed by atoms with E-state index in [0.29, 0.717) is 13.2 Å². The van der Waals surface area contributed by atoms with E-state index in [1.165, 1.54) is 0 Å². The first-order chi connectivity index (χ1) is 16.6. The highest BCUT2D eigenvalue weighted by Crippen LogP contribution is 2.21. The Morgan fingerprint density at radius 1 is 0.694 bits per heavy atom. The highest BCUT2D eigenvalue weighted by Gasteiger charge is 2.39. The van der Waals surface area contributed by atoms with Gasteiger partial charge in [0.2, 0.25) is 16.6 Å². The average molecular weight is 581 g/mol. The zero-order valence-corrected chi connectivity index (χ0v) is 29.0. The number of hydrogen-bond donors (Lipinski definition) is 0. The largest absolute Gasteiger partial charge is 0.419 e. The molecule has 0 N–H and O–H groups in total. The summed E-state index contributed by atoms with van der Waals surface area (Å²) in [7, 11) is -2.93. The molecule has 2 aliphatic heterocycles. The fourth-order valence-corrected chi connectivity index (χ4v) is 13.5. The molecule has 2 aliphatic rings. The van der Waals surface area contributed by atoms with Gasteiger partial charge in [-0.2, -0.15) is 0 Å². The number of ether oxygens (including phenoxy) is 2. The monoisotopic (exact) mass is 580 g/mol. The van der Waals surface area contributed by atoms with Crippen LogP contribution in [0.2, 0.25) is 52.4 Å². The molecule has 0 bridgehead atoms. The lowest BCUT2D eigenvalue weighted by Crippen LogP contribution is -2.60. The Bertz CT molecular complexity index is 602. The minimum atomic E-state index is -1.69. The summed E-state index contributed by atoms with van der Waals surface area (Å²) >= 11 is 0. The molecule has 36 heavy (non-hydrogen) atoms. The topological polar surface area (TPSA) is 61.9 Å². The molecule has 0 aromatic carbocycles. The van der Waals surface area contributed by atoms with Crippen molar-refractivity contribution in [2.45, 2.75) is 77.4 Å². The van der Waals surface area contributed by atoms with Crippen LogP contribution < -0.4 is 0 Å². The van der Waals surface area contributed by atoms with Crippen molar-refractivity contribution in [1.29, 1.82) is 0 Å². The third-order valence-corrected chi connectivity index (χ3v) is 15.8. The van der Waals surface area contributed by atoms with Gasteiger partial charge in [-0.05, 0) is 65.2 Å². The van der Waals surface area contributed by atoms with E-state index >= 15 is 0 Å². The first-order valence-electron chi connectivity index (χ1n) is 13.7. The molecule has 0 spiro atoms. The molecule has 0 saturated carbocycles. The van der Waals surface area contributed by atoms with Crippen LogP contribution >= 0.6 is 0 Å². The molecule has 2 rings (SSSR count). The summed E-state index contributed by atoms with van der Waals surface area (Å²) in [5.74, 6) is 0. The van der Waals surface area contributed by atoms with E-state index in [9.17, 15) is 0 Å². The quantitative estimate of drug-likeness (QED) is 0.216. The molecule has 0 radical (unpaired) electrons. The molecule has 2 fully saturated rings. The van der Waals surface area contributed by atoms with Crippen LogP contribution in [-0.2, 0) is 27.2 Å². The van der Waals surface area contributed by atoms with Crippen LogP contribution in [0.5, 0.6) is 0 Å². The molecule has 0 aromatic heterocycles. The van der Waals surface area contributed by atoms with Crippen molar-refractivity contribution >= 4 is 33.3 Å². The fourth-order valence-electron chi connectivity index (χ4n) is 5.29. The molecule has 214 valence electrons. The predicted molar refractivity (Wildman–Crippen MR) is 157 cm³/mol. The molecule has 2 atom stereocenters. The molecule has 0 aliphatic carbocycles. The van der Waals surface area contributed by atoms with Crippen LogP contribution in [0.1, 0.15) is 12.8 Å². The second kappa shape index (κ2) is 14.3. The van der Waals surface area contributed by atoms with Gasteiger partial charge in [-0.1, -0.05) is 0 Å². The number of hydrogen-bond acceptors (Lipinski definition) is 8. The maximum Gasteiger partial charge on any atom is 0.201 e. The number of unbranched alkanes of at least 4 members (excludes halogenated alkanes) is 1. The van der Waals surface area contributed by atoms with Gasteiger partial charge in [0.05, 0.1) is 25.4 Å². The fraction of sp³-hybridized carbons (Fsp3) is 1.00. The molecule has 0 amide bonds. The van der Waals surface area contributed by atoms with Gasteiger partial charge >= 0.3 is 0 Å². The predicted octanol–water partition coefficient (Wildman–Crippen LogP) is 3.47. The van der Waals surface area contributed by atoms with Gasteiger partial charge in [-0.3, -0.25) is 0 Å².